The Bertz CT molecular complexity index is 1610. The zero-order valence-electron chi connectivity index (χ0n) is 20.6. The number of likely N-dealkylation sites (tertiary alicyclic amines) is 1. The van der Waals surface area contributed by atoms with Gasteiger partial charge in [-0.3, -0.25) is 14.7 Å². The molecule has 0 spiro atoms. The van der Waals surface area contributed by atoms with E-state index in [-0.39, 0.29) is 5.56 Å². The van der Waals surface area contributed by atoms with Crippen LogP contribution in [0, 0.1) is 0 Å². The van der Waals surface area contributed by atoms with Gasteiger partial charge < -0.3 is 9.88 Å². The Labute approximate surface area is 221 Å². The van der Waals surface area contributed by atoms with Gasteiger partial charge >= 0.3 is 0 Å². The number of pyridine rings is 2. The van der Waals surface area contributed by atoms with Crippen LogP contribution in [-0.4, -0.2) is 33.6 Å². The quantitative estimate of drug-likeness (QED) is 0.291. The van der Waals surface area contributed by atoms with Crippen LogP contribution in [-0.2, 0) is 13.1 Å². The van der Waals surface area contributed by atoms with Crippen LogP contribution < -0.4 is 10.9 Å². The third-order valence-electron chi connectivity index (χ3n) is 7.33. The second-order valence-electron chi connectivity index (χ2n) is 9.88. The number of halogens is 1. The maximum atomic E-state index is 13.2. The Morgan fingerprint density at radius 1 is 0.838 bits per heavy atom. The summed E-state index contributed by atoms with van der Waals surface area (Å²) in [5.74, 6) is 0. The van der Waals surface area contributed by atoms with E-state index in [4.69, 9.17) is 11.6 Å². The van der Waals surface area contributed by atoms with Crippen LogP contribution in [0.1, 0.15) is 24.0 Å². The number of fused-ring (bicyclic) bond motifs is 2. The Balaban J connectivity index is 1.17. The average Bonchev–Trinajstić information content (AvgIpc) is 2.92. The topological polar surface area (TPSA) is 50.2 Å². The smallest absolute Gasteiger partial charge is 0.253 e. The normalized spacial score (nSPS) is 14.8. The van der Waals surface area contributed by atoms with Gasteiger partial charge in [0.15, 0.2) is 0 Å². The first-order valence-corrected chi connectivity index (χ1v) is 13.2. The molecule has 6 rings (SSSR count). The van der Waals surface area contributed by atoms with Gasteiger partial charge in [-0.15, -0.1) is 0 Å². The minimum atomic E-state index is -0.0251. The Morgan fingerprint density at radius 3 is 2.43 bits per heavy atom. The van der Waals surface area contributed by atoms with E-state index in [9.17, 15) is 4.79 Å². The molecule has 186 valence electrons. The monoisotopic (exact) mass is 508 g/mol. The molecule has 3 heterocycles. The Hall–Kier alpha value is -3.67. The van der Waals surface area contributed by atoms with E-state index >= 15 is 0 Å². The number of hydrogen-bond acceptors (Lipinski definition) is 4. The summed E-state index contributed by atoms with van der Waals surface area (Å²) in [7, 11) is 0. The lowest BCUT2D eigenvalue weighted by molar-refractivity contribution is 0.211. The molecule has 0 bridgehead atoms. The predicted molar refractivity (Wildman–Crippen MR) is 152 cm³/mol. The molecule has 1 saturated heterocycles. The predicted octanol–water partition coefficient (Wildman–Crippen LogP) is 6.33. The second kappa shape index (κ2) is 10.4. The molecular weight excluding hydrogens is 480 g/mol. The molecular formula is C31H29ClN4O. The van der Waals surface area contributed by atoms with Crippen molar-refractivity contribution in [1.29, 1.82) is 0 Å². The number of rotatable bonds is 6. The minimum absolute atomic E-state index is 0.0251. The number of benzene rings is 3. The van der Waals surface area contributed by atoms with Crippen LogP contribution in [0.2, 0.25) is 5.02 Å². The summed E-state index contributed by atoms with van der Waals surface area (Å²) in [6, 6.07) is 26.9. The lowest BCUT2D eigenvalue weighted by Gasteiger charge is -2.33. The highest BCUT2D eigenvalue weighted by Gasteiger charge is 2.21. The van der Waals surface area contributed by atoms with Gasteiger partial charge in [0.1, 0.15) is 0 Å². The van der Waals surface area contributed by atoms with Gasteiger partial charge in [0.25, 0.3) is 5.56 Å². The molecule has 37 heavy (non-hydrogen) atoms. The molecule has 3 aromatic carbocycles. The second-order valence-corrected chi connectivity index (χ2v) is 10.3. The first-order chi connectivity index (χ1) is 18.1. The fraction of sp³-hybridized carbons (Fsp3) is 0.226. The molecule has 0 atom stereocenters. The number of anilines is 1. The van der Waals surface area contributed by atoms with Gasteiger partial charge in [-0.05, 0) is 71.1 Å². The van der Waals surface area contributed by atoms with E-state index in [1.165, 1.54) is 16.3 Å². The van der Waals surface area contributed by atoms with E-state index in [0.717, 1.165) is 54.6 Å². The zero-order valence-corrected chi connectivity index (χ0v) is 21.4. The van der Waals surface area contributed by atoms with Crippen LogP contribution in [0.5, 0.6) is 0 Å². The van der Waals surface area contributed by atoms with Crippen molar-refractivity contribution in [1.82, 2.24) is 14.5 Å². The number of piperidine rings is 1. The van der Waals surface area contributed by atoms with Crippen LogP contribution in [0.15, 0.2) is 96.1 Å². The summed E-state index contributed by atoms with van der Waals surface area (Å²) in [5, 5.41) is 7.89. The number of nitrogens with one attached hydrogen (secondary N) is 1. The minimum Gasteiger partial charge on any atom is -0.382 e. The van der Waals surface area contributed by atoms with Gasteiger partial charge in [0, 0.05) is 60.2 Å². The number of hydrogen-bond donors (Lipinski definition) is 1. The zero-order chi connectivity index (χ0) is 25.2. The average molecular weight is 509 g/mol. The van der Waals surface area contributed by atoms with E-state index in [1.54, 1.807) is 23.0 Å². The lowest BCUT2D eigenvalue weighted by atomic mass is 10.0. The summed E-state index contributed by atoms with van der Waals surface area (Å²) in [6.07, 6.45) is 5.55. The van der Waals surface area contributed by atoms with Crippen molar-refractivity contribution >= 4 is 39.0 Å². The van der Waals surface area contributed by atoms with Crippen molar-refractivity contribution < 1.29 is 0 Å². The molecule has 6 heteroatoms. The molecule has 1 N–H and O–H groups in total. The molecule has 0 aliphatic carbocycles. The molecule has 1 fully saturated rings. The van der Waals surface area contributed by atoms with Crippen molar-refractivity contribution in [3.63, 3.8) is 0 Å². The maximum absolute atomic E-state index is 13.2. The number of nitrogens with zero attached hydrogens (tertiary/aromatic N) is 3. The highest BCUT2D eigenvalue weighted by atomic mass is 35.5. The van der Waals surface area contributed by atoms with Gasteiger partial charge in [-0.1, -0.05) is 48.0 Å². The molecule has 1 aliphatic heterocycles. The molecule has 0 saturated carbocycles. The fourth-order valence-corrected chi connectivity index (χ4v) is 5.53. The van der Waals surface area contributed by atoms with Gasteiger partial charge in [-0.25, -0.2) is 0 Å². The third kappa shape index (κ3) is 5.24. The number of aromatic nitrogens is 2. The van der Waals surface area contributed by atoms with Crippen LogP contribution in [0.25, 0.3) is 21.7 Å². The van der Waals surface area contributed by atoms with Crippen LogP contribution in [0.4, 0.5) is 5.69 Å². The van der Waals surface area contributed by atoms with Crippen LogP contribution in [0.3, 0.4) is 0 Å². The highest BCUT2D eigenvalue weighted by Crippen LogP contribution is 2.28. The third-order valence-corrected chi connectivity index (χ3v) is 7.57. The molecule has 2 aromatic heterocycles. The Kier molecular flexibility index (Phi) is 6.64. The maximum Gasteiger partial charge on any atom is 0.253 e. The van der Waals surface area contributed by atoms with Gasteiger partial charge in [0.05, 0.1) is 12.1 Å². The summed E-state index contributed by atoms with van der Waals surface area (Å²) in [5.41, 5.74) is 4.10. The first kappa shape index (κ1) is 23.7. The fourth-order valence-electron chi connectivity index (χ4n) is 5.36. The summed E-state index contributed by atoms with van der Waals surface area (Å²) < 4.78 is 1.80. The molecule has 1 aliphatic rings. The summed E-state index contributed by atoms with van der Waals surface area (Å²) in [6.45, 7) is 3.48. The van der Waals surface area contributed by atoms with Crippen molar-refractivity contribution in [3.8, 4) is 0 Å². The van der Waals surface area contributed by atoms with Crippen LogP contribution >= 0.6 is 11.6 Å². The first-order valence-electron chi connectivity index (χ1n) is 12.8. The van der Waals surface area contributed by atoms with Gasteiger partial charge in [0.2, 0.25) is 0 Å². The van der Waals surface area contributed by atoms with E-state index in [0.29, 0.717) is 17.6 Å². The molecule has 5 aromatic rings. The van der Waals surface area contributed by atoms with E-state index < -0.39 is 0 Å². The van der Waals surface area contributed by atoms with Gasteiger partial charge in [-0.2, -0.15) is 0 Å². The lowest BCUT2D eigenvalue weighted by Crippen LogP contribution is -2.39. The standard InChI is InChI=1S/C31H29ClN4O/c32-26-7-8-30-28(18-26)29(19-31(37)36(30)21-22-9-13-33-14-10-22)34-27-11-15-35(16-12-27)20-23-5-6-24-3-1-2-4-25(24)17-23/h1-10,13-14,17-19,27,34H,11-12,15-16,20-21H2. The summed E-state index contributed by atoms with van der Waals surface area (Å²) >= 11 is 6.39. The SMILES string of the molecule is O=c1cc(NC2CCN(Cc3ccc4ccccc4c3)CC2)c2cc(Cl)ccc2n1Cc1ccncc1. The van der Waals surface area contributed by atoms with Crippen molar-refractivity contribution in [2.45, 2.75) is 32.0 Å². The molecule has 0 unspecified atom stereocenters. The van der Waals surface area contributed by atoms with Crippen molar-refractivity contribution in [2.75, 3.05) is 18.4 Å². The van der Waals surface area contributed by atoms with Crippen molar-refractivity contribution in [2.24, 2.45) is 0 Å². The summed E-state index contributed by atoms with van der Waals surface area (Å²) in [4.78, 5) is 19.8. The molecule has 0 amide bonds. The van der Waals surface area contributed by atoms with E-state index in [1.807, 2.05) is 30.3 Å². The molecule has 5 nitrogen and oxygen atoms in total. The Morgan fingerprint density at radius 2 is 1.62 bits per heavy atom. The largest absolute Gasteiger partial charge is 0.382 e. The van der Waals surface area contributed by atoms with Crippen molar-refractivity contribution in [3.05, 3.63) is 118 Å². The highest BCUT2D eigenvalue weighted by molar-refractivity contribution is 6.31. The molecule has 0 radical (unpaired) electrons. The van der Waals surface area contributed by atoms with E-state index in [2.05, 4.69) is 57.7 Å².